The van der Waals surface area contributed by atoms with Gasteiger partial charge in [-0.2, -0.15) is 0 Å². The summed E-state index contributed by atoms with van der Waals surface area (Å²) in [6, 6.07) is 33.1. The smallest absolute Gasteiger partial charge is 0.125 e. The highest BCUT2D eigenvalue weighted by Crippen LogP contribution is 2.26. The molecule has 0 saturated carbocycles. The van der Waals surface area contributed by atoms with Crippen molar-refractivity contribution < 1.29 is 8.42 Å². The first kappa shape index (κ1) is 23.3. The van der Waals surface area contributed by atoms with E-state index in [1.165, 1.54) is 0 Å². The first-order valence-electron chi connectivity index (χ1n) is 10.9. The molecule has 3 atom stereocenters. The zero-order valence-corrected chi connectivity index (χ0v) is 20.4. The largest absolute Gasteiger partial charge is 0.249 e. The fourth-order valence-electron chi connectivity index (χ4n) is 3.63. The summed E-state index contributed by atoms with van der Waals surface area (Å²) in [7, 11) is -2.67. The lowest BCUT2D eigenvalue weighted by Gasteiger charge is -2.20. The summed E-state index contributed by atoms with van der Waals surface area (Å²) < 4.78 is 29.8. The molecule has 4 aromatic carbocycles. The van der Waals surface area contributed by atoms with Gasteiger partial charge in [0.1, 0.15) is 11.0 Å². The minimum absolute atomic E-state index is 0.204. The van der Waals surface area contributed by atoms with E-state index in [1.807, 2.05) is 117 Å². The molecule has 0 radical (unpaired) electrons. The van der Waals surface area contributed by atoms with Crippen LogP contribution in [0.25, 0.3) is 0 Å². The van der Waals surface area contributed by atoms with Crippen molar-refractivity contribution in [1.29, 1.82) is 0 Å². The summed E-state index contributed by atoms with van der Waals surface area (Å²) in [6.07, 6.45) is 0.565. The van der Waals surface area contributed by atoms with Crippen LogP contribution in [0.2, 0.25) is 0 Å². The molecule has 4 rings (SSSR count). The molecule has 1 N–H and O–H groups in total. The summed E-state index contributed by atoms with van der Waals surface area (Å²) in [5.41, 5.74) is 4.27. The van der Waals surface area contributed by atoms with Crippen molar-refractivity contribution in [2.24, 2.45) is 0 Å². The molecule has 0 aromatic heterocycles. The Morgan fingerprint density at radius 2 is 1.21 bits per heavy atom. The van der Waals surface area contributed by atoms with E-state index in [4.69, 9.17) is 0 Å². The van der Waals surface area contributed by atoms with E-state index in [-0.39, 0.29) is 6.04 Å². The standard InChI is InChI=1S/C28H27NO2S2/c1-21-12-16-25(17-13-21)32(30)28-11-7-6-10-24(28)20-27(23-8-4-3-5-9-23)29-33(31)26-18-14-22(2)15-19-26/h3-19,27,29H,20H2,1-2H3/t27-,32?,33?/m0/s1. The summed E-state index contributed by atoms with van der Waals surface area (Å²) in [4.78, 5) is 2.30. The van der Waals surface area contributed by atoms with Gasteiger partial charge < -0.3 is 0 Å². The quantitative estimate of drug-likeness (QED) is 0.338. The Morgan fingerprint density at radius 3 is 1.85 bits per heavy atom. The van der Waals surface area contributed by atoms with E-state index < -0.39 is 21.8 Å². The minimum atomic E-state index is -1.38. The summed E-state index contributed by atoms with van der Waals surface area (Å²) in [5.74, 6) is 0. The highest BCUT2D eigenvalue weighted by atomic mass is 32.2. The van der Waals surface area contributed by atoms with E-state index in [1.54, 1.807) is 0 Å². The Kier molecular flexibility index (Phi) is 7.65. The van der Waals surface area contributed by atoms with E-state index in [0.29, 0.717) is 6.42 Å². The second-order valence-electron chi connectivity index (χ2n) is 8.06. The maximum atomic E-state index is 13.4. The molecule has 0 heterocycles. The van der Waals surface area contributed by atoms with Gasteiger partial charge in [0, 0.05) is 15.8 Å². The van der Waals surface area contributed by atoms with Crippen LogP contribution < -0.4 is 4.72 Å². The number of aryl methyl sites for hydroxylation is 2. The van der Waals surface area contributed by atoms with Crippen LogP contribution in [0.1, 0.15) is 28.3 Å². The maximum absolute atomic E-state index is 13.4. The van der Waals surface area contributed by atoms with Crippen LogP contribution in [0.4, 0.5) is 0 Å². The molecule has 5 heteroatoms. The Bertz CT molecular complexity index is 1250. The third-order valence-electron chi connectivity index (χ3n) is 5.52. The Labute approximate surface area is 200 Å². The first-order chi connectivity index (χ1) is 16.0. The Balaban J connectivity index is 1.64. The third kappa shape index (κ3) is 5.93. The normalized spacial score (nSPS) is 13.9. The fourth-order valence-corrected chi connectivity index (χ4v) is 5.86. The number of nitrogens with one attached hydrogen (secondary N) is 1. The molecule has 0 aliphatic heterocycles. The molecule has 0 aliphatic carbocycles. The lowest BCUT2D eigenvalue weighted by molar-refractivity contribution is 0.620. The zero-order chi connectivity index (χ0) is 23.2. The molecule has 33 heavy (non-hydrogen) atoms. The predicted octanol–water partition coefficient (Wildman–Crippen LogP) is 6.07. The van der Waals surface area contributed by atoms with Crippen LogP contribution in [0.5, 0.6) is 0 Å². The second-order valence-corrected chi connectivity index (χ2v) is 10.7. The van der Waals surface area contributed by atoms with Crippen LogP contribution >= 0.6 is 0 Å². The third-order valence-corrected chi connectivity index (χ3v) is 8.21. The lowest BCUT2D eigenvalue weighted by Crippen LogP contribution is -2.26. The van der Waals surface area contributed by atoms with Crippen molar-refractivity contribution in [2.45, 2.75) is 41.0 Å². The van der Waals surface area contributed by atoms with Crippen molar-refractivity contribution in [2.75, 3.05) is 0 Å². The molecule has 4 aromatic rings. The van der Waals surface area contributed by atoms with Crippen molar-refractivity contribution in [1.82, 2.24) is 4.72 Å². The van der Waals surface area contributed by atoms with Gasteiger partial charge in [0.2, 0.25) is 0 Å². The van der Waals surface area contributed by atoms with Crippen LogP contribution in [-0.4, -0.2) is 8.42 Å². The Hall–Kier alpha value is -2.86. The van der Waals surface area contributed by atoms with Crippen molar-refractivity contribution in [3.8, 4) is 0 Å². The SMILES string of the molecule is Cc1ccc(S(=O)N[C@@H](Cc2ccccc2S(=O)c2ccc(C)cc2)c2ccccc2)cc1. The van der Waals surface area contributed by atoms with Crippen LogP contribution in [-0.2, 0) is 28.2 Å². The summed E-state index contributed by atoms with van der Waals surface area (Å²) in [5, 5.41) is 0. The maximum Gasteiger partial charge on any atom is 0.125 e. The van der Waals surface area contributed by atoms with Gasteiger partial charge >= 0.3 is 0 Å². The lowest BCUT2D eigenvalue weighted by atomic mass is 10.00. The van der Waals surface area contributed by atoms with Gasteiger partial charge in [0.15, 0.2) is 0 Å². The van der Waals surface area contributed by atoms with Crippen LogP contribution in [0.3, 0.4) is 0 Å². The van der Waals surface area contributed by atoms with E-state index in [9.17, 15) is 8.42 Å². The molecule has 0 fully saturated rings. The predicted molar refractivity (Wildman–Crippen MR) is 136 cm³/mol. The van der Waals surface area contributed by atoms with Gasteiger partial charge in [-0.15, -0.1) is 0 Å². The van der Waals surface area contributed by atoms with Gasteiger partial charge in [0.25, 0.3) is 0 Å². The minimum Gasteiger partial charge on any atom is -0.249 e. The van der Waals surface area contributed by atoms with Gasteiger partial charge in [-0.3, -0.25) is 0 Å². The number of benzene rings is 4. The Morgan fingerprint density at radius 1 is 0.667 bits per heavy atom. The molecule has 0 spiro atoms. The monoisotopic (exact) mass is 473 g/mol. The average Bonchev–Trinajstić information content (AvgIpc) is 2.85. The van der Waals surface area contributed by atoms with E-state index >= 15 is 0 Å². The average molecular weight is 474 g/mol. The zero-order valence-electron chi connectivity index (χ0n) is 18.7. The molecule has 3 nitrogen and oxygen atoms in total. The molecule has 0 amide bonds. The van der Waals surface area contributed by atoms with Crippen molar-refractivity contribution >= 4 is 21.8 Å². The van der Waals surface area contributed by atoms with Gasteiger partial charge in [-0.1, -0.05) is 83.9 Å². The van der Waals surface area contributed by atoms with Gasteiger partial charge in [-0.25, -0.2) is 13.1 Å². The molecule has 2 unspecified atom stereocenters. The van der Waals surface area contributed by atoms with Gasteiger partial charge in [-0.05, 0) is 61.7 Å². The van der Waals surface area contributed by atoms with Crippen LogP contribution in [0, 0.1) is 13.8 Å². The molecule has 168 valence electrons. The van der Waals surface area contributed by atoms with Gasteiger partial charge in [0.05, 0.1) is 15.7 Å². The first-order valence-corrected chi connectivity index (χ1v) is 13.2. The molecular formula is C28H27NO2S2. The topological polar surface area (TPSA) is 46.2 Å². The molecule has 0 aliphatic rings. The molecular weight excluding hydrogens is 446 g/mol. The fraction of sp³-hybridized carbons (Fsp3) is 0.143. The number of hydrogen-bond acceptors (Lipinski definition) is 2. The molecule has 0 bridgehead atoms. The second kappa shape index (κ2) is 10.8. The van der Waals surface area contributed by atoms with E-state index in [2.05, 4.69) is 4.72 Å². The van der Waals surface area contributed by atoms with Crippen LogP contribution in [0.15, 0.2) is 118 Å². The highest BCUT2D eigenvalue weighted by molar-refractivity contribution is 7.85. The van der Waals surface area contributed by atoms with E-state index in [0.717, 1.165) is 36.9 Å². The highest BCUT2D eigenvalue weighted by Gasteiger charge is 2.20. The van der Waals surface area contributed by atoms with Crippen molar-refractivity contribution in [3.63, 3.8) is 0 Å². The summed E-state index contributed by atoms with van der Waals surface area (Å²) >= 11 is 0. The van der Waals surface area contributed by atoms with Crippen molar-refractivity contribution in [3.05, 3.63) is 125 Å². The summed E-state index contributed by atoms with van der Waals surface area (Å²) in [6.45, 7) is 4.03. The number of hydrogen-bond donors (Lipinski definition) is 1. The molecule has 0 saturated heterocycles. The number of rotatable bonds is 8.